The number of alkyl halides is 1. The molecule has 0 unspecified atom stereocenters. The van der Waals surface area contributed by atoms with Crippen LogP contribution in [0, 0.1) is 6.92 Å². The summed E-state index contributed by atoms with van der Waals surface area (Å²) in [7, 11) is 1.51. The average molecular weight is 293 g/mol. The summed E-state index contributed by atoms with van der Waals surface area (Å²) in [5.74, 6) is 0.0313. The standard InChI is InChI=1S/C9H9BrO2S2/c1-5-3-6(7(11)4-10)8(14-5)9(13)12-2/h3H,4H2,1-2H3. The molecule has 0 bridgehead atoms. The Bertz CT molecular complexity index is 337. The van der Waals surface area contributed by atoms with Crippen LogP contribution in [0.25, 0.3) is 0 Å². The van der Waals surface area contributed by atoms with Crippen LogP contribution in [0.4, 0.5) is 0 Å². The van der Waals surface area contributed by atoms with Gasteiger partial charge in [0.1, 0.15) is 0 Å². The first kappa shape index (κ1) is 11.8. The van der Waals surface area contributed by atoms with Gasteiger partial charge in [-0.1, -0.05) is 15.9 Å². The number of aryl methyl sites for hydroxylation is 1. The third-order valence-corrected chi connectivity index (χ3v) is 3.71. The number of carbonyl (C=O) groups is 1. The molecule has 0 aliphatic rings. The summed E-state index contributed by atoms with van der Waals surface area (Å²) in [6, 6.07) is 1.84. The van der Waals surface area contributed by atoms with Gasteiger partial charge in [0, 0.05) is 10.4 Å². The zero-order valence-corrected chi connectivity index (χ0v) is 11.0. The van der Waals surface area contributed by atoms with Gasteiger partial charge in [-0.25, -0.2) is 0 Å². The highest BCUT2D eigenvalue weighted by Gasteiger charge is 2.17. The molecule has 0 N–H and O–H groups in total. The van der Waals surface area contributed by atoms with E-state index < -0.39 is 0 Å². The molecule has 0 fully saturated rings. The van der Waals surface area contributed by atoms with Crippen LogP contribution in [0.15, 0.2) is 6.07 Å². The lowest BCUT2D eigenvalue weighted by atomic mass is 10.2. The quantitative estimate of drug-likeness (QED) is 0.487. The van der Waals surface area contributed by atoms with Gasteiger partial charge in [-0.15, -0.1) is 11.3 Å². The summed E-state index contributed by atoms with van der Waals surface area (Å²) in [5, 5.41) is 0.690. The average Bonchev–Trinajstić information content (AvgIpc) is 2.58. The Balaban J connectivity index is 3.15. The van der Waals surface area contributed by atoms with Crippen molar-refractivity contribution in [3.8, 4) is 0 Å². The molecule has 0 aliphatic heterocycles. The van der Waals surface area contributed by atoms with E-state index in [1.54, 1.807) is 0 Å². The van der Waals surface area contributed by atoms with Crippen LogP contribution in [0.2, 0.25) is 0 Å². The van der Waals surface area contributed by atoms with Gasteiger partial charge in [0.05, 0.1) is 17.3 Å². The first-order valence-corrected chi connectivity index (χ1v) is 6.22. The molecular weight excluding hydrogens is 284 g/mol. The minimum Gasteiger partial charge on any atom is -0.486 e. The van der Waals surface area contributed by atoms with Crippen molar-refractivity contribution in [1.82, 2.24) is 0 Å². The minimum absolute atomic E-state index is 0.0313. The predicted octanol–water partition coefficient (Wildman–Crippen LogP) is 2.96. The van der Waals surface area contributed by atoms with Crippen molar-refractivity contribution in [2.45, 2.75) is 6.92 Å². The van der Waals surface area contributed by atoms with E-state index in [0.29, 0.717) is 15.9 Å². The van der Waals surface area contributed by atoms with Crippen LogP contribution in [0.3, 0.4) is 0 Å². The lowest BCUT2D eigenvalue weighted by molar-refractivity contribution is 0.102. The number of hydrogen-bond acceptors (Lipinski definition) is 4. The molecule has 0 saturated heterocycles. The number of hydrogen-bond donors (Lipinski definition) is 0. The maximum absolute atomic E-state index is 11.5. The maximum Gasteiger partial charge on any atom is 0.201 e. The SMILES string of the molecule is COC(=S)c1sc(C)cc1C(=O)CBr. The van der Waals surface area contributed by atoms with Crippen LogP contribution in [0.5, 0.6) is 0 Å². The molecule has 1 heterocycles. The van der Waals surface area contributed by atoms with E-state index in [2.05, 4.69) is 15.9 Å². The third-order valence-electron chi connectivity index (χ3n) is 1.65. The van der Waals surface area contributed by atoms with E-state index in [0.717, 1.165) is 9.75 Å². The number of thiocarbonyl (C=S) groups is 1. The molecule has 14 heavy (non-hydrogen) atoms. The normalized spacial score (nSPS) is 9.93. The monoisotopic (exact) mass is 292 g/mol. The summed E-state index contributed by atoms with van der Waals surface area (Å²) < 4.78 is 4.96. The Kier molecular flexibility index (Phi) is 4.22. The van der Waals surface area contributed by atoms with E-state index >= 15 is 0 Å². The fourth-order valence-electron chi connectivity index (χ4n) is 1.04. The van der Waals surface area contributed by atoms with Crippen LogP contribution < -0.4 is 0 Å². The highest BCUT2D eigenvalue weighted by molar-refractivity contribution is 9.09. The molecule has 0 saturated carbocycles. The van der Waals surface area contributed by atoms with E-state index in [1.165, 1.54) is 18.4 Å². The highest BCUT2D eigenvalue weighted by Crippen LogP contribution is 2.24. The van der Waals surface area contributed by atoms with Crippen molar-refractivity contribution in [2.75, 3.05) is 12.4 Å². The van der Waals surface area contributed by atoms with Gasteiger partial charge in [-0.05, 0) is 25.2 Å². The van der Waals surface area contributed by atoms with Crippen LogP contribution in [0.1, 0.15) is 20.1 Å². The first-order chi connectivity index (χ1) is 6.60. The number of methoxy groups -OCH3 is 1. The Hall–Kier alpha value is -0.260. The first-order valence-electron chi connectivity index (χ1n) is 3.88. The Labute approximate surface area is 100 Å². The molecule has 0 aliphatic carbocycles. The molecule has 76 valence electrons. The minimum atomic E-state index is 0.0313. The lowest BCUT2D eigenvalue weighted by Crippen LogP contribution is -2.06. The molecular formula is C9H9BrO2S2. The molecule has 0 aromatic carbocycles. The van der Waals surface area contributed by atoms with Crippen molar-refractivity contribution < 1.29 is 9.53 Å². The molecule has 1 aromatic heterocycles. The highest BCUT2D eigenvalue weighted by atomic mass is 79.9. The molecule has 5 heteroatoms. The molecule has 0 amide bonds. The molecule has 0 spiro atoms. The fourth-order valence-corrected chi connectivity index (χ4v) is 2.52. The van der Waals surface area contributed by atoms with E-state index in [1.807, 2.05) is 13.0 Å². The van der Waals surface area contributed by atoms with Crippen molar-refractivity contribution in [3.05, 3.63) is 21.4 Å². The number of carbonyl (C=O) groups excluding carboxylic acids is 1. The van der Waals surface area contributed by atoms with Crippen LogP contribution in [-0.2, 0) is 4.74 Å². The third kappa shape index (κ3) is 2.40. The number of halogens is 1. The summed E-state index contributed by atoms with van der Waals surface area (Å²) in [4.78, 5) is 13.3. The van der Waals surface area contributed by atoms with Gasteiger partial charge in [0.15, 0.2) is 5.78 Å². The zero-order chi connectivity index (χ0) is 10.7. The topological polar surface area (TPSA) is 26.3 Å². The number of thiophene rings is 1. The second-order valence-corrected chi connectivity index (χ2v) is 4.84. The van der Waals surface area contributed by atoms with E-state index in [4.69, 9.17) is 17.0 Å². The number of Topliss-reactive ketones (excluding diaryl/α,β-unsaturated/α-hetero) is 1. The summed E-state index contributed by atoms with van der Waals surface area (Å²) in [6.07, 6.45) is 0. The summed E-state index contributed by atoms with van der Waals surface area (Å²) in [5.41, 5.74) is 0.649. The molecule has 0 radical (unpaired) electrons. The second kappa shape index (κ2) is 5.00. The van der Waals surface area contributed by atoms with Gasteiger partial charge in [0.25, 0.3) is 0 Å². The number of ketones is 1. The molecule has 2 nitrogen and oxygen atoms in total. The smallest absolute Gasteiger partial charge is 0.201 e. The van der Waals surface area contributed by atoms with Crippen LogP contribution in [-0.4, -0.2) is 23.3 Å². The van der Waals surface area contributed by atoms with Crippen molar-refractivity contribution in [3.63, 3.8) is 0 Å². The molecule has 0 atom stereocenters. The van der Waals surface area contributed by atoms with Gasteiger partial charge in [-0.2, -0.15) is 0 Å². The maximum atomic E-state index is 11.5. The van der Waals surface area contributed by atoms with Crippen molar-refractivity contribution in [2.24, 2.45) is 0 Å². The molecule has 1 rings (SSSR count). The fraction of sp³-hybridized carbons (Fsp3) is 0.333. The van der Waals surface area contributed by atoms with Crippen LogP contribution >= 0.6 is 39.5 Å². The van der Waals surface area contributed by atoms with Gasteiger partial charge >= 0.3 is 0 Å². The summed E-state index contributed by atoms with van der Waals surface area (Å²) >= 11 is 9.63. The Morgan fingerprint density at radius 1 is 1.71 bits per heavy atom. The largest absolute Gasteiger partial charge is 0.486 e. The molecule has 1 aromatic rings. The predicted molar refractivity (Wildman–Crippen MR) is 65.9 cm³/mol. The lowest BCUT2D eigenvalue weighted by Gasteiger charge is -2.01. The van der Waals surface area contributed by atoms with Gasteiger partial charge in [0.2, 0.25) is 5.05 Å². The zero-order valence-electron chi connectivity index (χ0n) is 7.80. The Morgan fingerprint density at radius 3 is 2.86 bits per heavy atom. The summed E-state index contributed by atoms with van der Waals surface area (Å²) in [6.45, 7) is 1.94. The van der Waals surface area contributed by atoms with Crippen molar-refractivity contribution >= 4 is 50.3 Å². The van der Waals surface area contributed by atoms with Gasteiger partial charge < -0.3 is 4.74 Å². The number of ether oxygens (including phenoxy) is 1. The van der Waals surface area contributed by atoms with E-state index in [-0.39, 0.29) is 5.78 Å². The number of rotatable bonds is 3. The van der Waals surface area contributed by atoms with Crippen molar-refractivity contribution in [1.29, 1.82) is 0 Å². The van der Waals surface area contributed by atoms with E-state index in [9.17, 15) is 4.79 Å². The van der Waals surface area contributed by atoms with Gasteiger partial charge in [-0.3, -0.25) is 4.79 Å². The second-order valence-electron chi connectivity index (χ2n) is 2.65. The Morgan fingerprint density at radius 2 is 2.36 bits per heavy atom.